The Morgan fingerprint density at radius 1 is 0.828 bits per heavy atom. The Balaban J connectivity index is 1.87. The quantitative estimate of drug-likeness (QED) is 0.577. The lowest BCUT2D eigenvalue weighted by Crippen LogP contribution is -2.17. The molecule has 3 rings (SSSR count). The Labute approximate surface area is 175 Å². The minimum atomic E-state index is -3.85. The van der Waals surface area contributed by atoms with Crippen molar-refractivity contribution >= 4 is 38.9 Å². The molecule has 0 atom stereocenters. The molecule has 0 radical (unpaired) electrons. The van der Waals surface area contributed by atoms with E-state index < -0.39 is 15.9 Å². The van der Waals surface area contributed by atoms with Crippen molar-refractivity contribution in [2.45, 2.75) is 25.7 Å². The van der Waals surface area contributed by atoms with E-state index in [4.69, 9.17) is 11.6 Å². The largest absolute Gasteiger partial charge is 0.322 e. The van der Waals surface area contributed by atoms with E-state index >= 15 is 0 Å². The molecule has 29 heavy (non-hydrogen) atoms. The number of sulfonamides is 1. The number of nitrogens with one attached hydrogen (secondary N) is 2. The summed E-state index contributed by atoms with van der Waals surface area (Å²) < 4.78 is 28.3. The molecule has 0 fully saturated rings. The van der Waals surface area contributed by atoms with Crippen LogP contribution in [0.3, 0.4) is 0 Å². The van der Waals surface area contributed by atoms with Crippen molar-refractivity contribution in [1.82, 2.24) is 0 Å². The van der Waals surface area contributed by atoms with Gasteiger partial charge in [-0.2, -0.15) is 0 Å². The van der Waals surface area contributed by atoms with Crippen LogP contribution in [0.1, 0.15) is 27.0 Å². The van der Waals surface area contributed by atoms with Crippen molar-refractivity contribution in [3.05, 3.63) is 87.9 Å². The van der Waals surface area contributed by atoms with Gasteiger partial charge in [-0.3, -0.25) is 9.52 Å². The van der Waals surface area contributed by atoms with Crippen LogP contribution < -0.4 is 10.0 Å². The Hall–Kier alpha value is -2.83. The van der Waals surface area contributed by atoms with Crippen molar-refractivity contribution in [3.63, 3.8) is 0 Å². The van der Waals surface area contributed by atoms with Crippen LogP contribution in [0, 0.1) is 20.8 Å². The number of aryl methyl sites for hydroxylation is 3. The molecule has 0 bridgehead atoms. The van der Waals surface area contributed by atoms with Gasteiger partial charge in [0.15, 0.2) is 0 Å². The number of amides is 1. The van der Waals surface area contributed by atoms with Crippen LogP contribution >= 0.6 is 11.6 Å². The normalized spacial score (nSPS) is 11.2. The highest BCUT2D eigenvalue weighted by molar-refractivity contribution is 7.92. The third-order valence-electron chi connectivity index (χ3n) is 4.47. The molecule has 0 spiro atoms. The zero-order valence-corrected chi connectivity index (χ0v) is 17.9. The average Bonchev–Trinajstić information content (AvgIpc) is 2.66. The average molecular weight is 429 g/mol. The van der Waals surface area contributed by atoms with Crippen molar-refractivity contribution in [2.24, 2.45) is 0 Å². The first-order chi connectivity index (χ1) is 13.7. The zero-order chi connectivity index (χ0) is 21.2. The van der Waals surface area contributed by atoms with Crippen molar-refractivity contribution in [3.8, 4) is 0 Å². The number of carbonyl (C=O) groups excluding carboxylic acids is 1. The summed E-state index contributed by atoms with van der Waals surface area (Å²) in [6, 6.07) is 16.8. The highest BCUT2D eigenvalue weighted by Gasteiger charge is 2.19. The Morgan fingerprint density at radius 2 is 1.45 bits per heavy atom. The van der Waals surface area contributed by atoms with Gasteiger partial charge in [-0.15, -0.1) is 0 Å². The number of hydrogen-bond donors (Lipinski definition) is 2. The van der Waals surface area contributed by atoms with Gasteiger partial charge in [-0.1, -0.05) is 41.4 Å². The standard InChI is InChI=1S/C22H21ClN2O3S/c1-14-4-9-18(10-5-14)25-29(27,28)21-12-17(8-6-16(21)3)22(26)24-19-11-7-15(2)20(23)13-19/h4-13,25H,1-3H3,(H,24,26). The number of anilines is 2. The minimum absolute atomic E-state index is 0.0488. The van der Waals surface area contributed by atoms with Crippen LogP contribution in [0.15, 0.2) is 65.6 Å². The topological polar surface area (TPSA) is 75.3 Å². The van der Waals surface area contributed by atoms with Crippen molar-refractivity contribution in [2.75, 3.05) is 10.0 Å². The van der Waals surface area contributed by atoms with E-state index in [2.05, 4.69) is 10.0 Å². The molecule has 150 valence electrons. The summed E-state index contributed by atoms with van der Waals surface area (Å²) >= 11 is 6.10. The summed E-state index contributed by atoms with van der Waals surface area (Å²) in [6.07, 6.45) is 0. The molecule has 5 nitrogen and oxygen atoms in total. The van der Waals surface area contributed by atoms with Crippen LogP contribution in [0.4, 0.5) is 11.4 Å². The van der Waals surface area contributed by atoms with Crippen molar-refractivity contribution < 1.29 is 13.2 Å². The van der Waals surface area contributed by atoms with Crippen LogP contribution in [0.2, 0.25) is 5.02 Å². The molecular weight excluding hydrogens is 408 g/mol. The molecule has 0 aliphatic carbocycles. The summed E-state index contributed by atoms with van der Waals surface area (Å²) in [5.74, 6) is -0.420. The predicted molar refractivity (Wildman–Crippen MR) is 117 cm³/mol. The van der Waals surface area contributed by atoms with Crippen LogP contribution in [0.5, 0.6) is 0 Å². The number of halogens is 1. The second-order valence-electron chi connectivity index (χ2n) is 6.87. The maximum Gasteiger partial charge on any atom is 0.262 e. The van der Waals surface area contributed by atoms with E-state index in [0.717, 1.165) is 11.1 Å². The molecule has 0 saturated carbocycles. The van der Waals surface area contributed by atoms with Crippen LogP contribution in [-0.2, 0) is 10.0 Å². The third kappa shape index (κ3) is 4.96. The van der Waals surface area contributed by atoms with Gasteiger partial charge in [0.05, 0.1) is 4.90 Å². The molecule has 0 unspecified atom stereocenters. The fourth-order valence-electron chi connectivity index (χ4n) is 2.74. The lowest BCUT2D eigenvalue weighted by atomic mass is 10.1. The van der Waals surface area contributed by atoms with E-state index in [1.807, 2.05) is 26.0 Å². The Morgan fingerprint density at radius 3 is 2.10 bits per heavy atom. The second kappa shape index (κ2) is 8.27. The first-order valence-corrected chi connectivity index (χ1v) is 10.8. The zero-order valence-electron chi connectivity index (χ0n) is 16.3. The number of carbonyl (C=O) groups is 1. The summed E-state index contributed by atoms with van der Waals surface area (Å²) in [6.45, 7) is 5.48. The number of benzene rings is 3. The van der Waals surface area contributed by atoms with Gasteiger partial charge < -0.3 is 5.32 Å². The maximum atomic E-state index is 12.9. The molecule has 0 aromatic heterocycles. The minimum Gasteiger partial charge on any atom is -0.322 e. The van der Waals surface area contributed by atoms with Gasteiger partial charge in [-0.05, 0) is 68.3 Å². The monoisotopic (exact) mass is 428 g/mol. The summed E-state index contributed by atoms with van der Waals surface area (Å²) in [5, 5.41) is 3.28. The van der Waals surface area contributed by atoms with Crippen LogP contribution in [-0.4, -0.2) is 14.3 Å². The van der Waals surface area contributed by atoms with Gasteiger partial charge in [0.2, 0.25) is 0 Å². The van der Waals surface area contributed by atoms with E-state index in [1.54, 1.807) is 49.4 Å². The number of rotatable bonds is 5. The molecule has 3 aromatic rings. The molecule has 7 heteroatoms. The van der Waals surface area contributed by atoms with E-state index in [9.17, 15) is 13.2 Å². The lowest BCUT2D eigenvalue weighted by molar-refractivity contribution is 0.102. The van der Waals surface area contributed by atoms with Crippen LogP contribution in [0.25, 0.3) is 0 Å². The predicted octanol–water partition coefficient (Wildman–Crippen LogP) is 5.32. The Kier molecular flexibility index (Phi) is 5.96. The fraction of sp³-hybridized carbons (Fsp3) is 0.136. The molecule has 0 aliphatic heterocycles. The third-order valence-corrected chi connectivity index (χ3v) is 6.40. The van der Waals surface area contributed by atoms with Gasteiger partial charge in [0.25, 0.3) is 15.9 Å². The first-order valence-electron chi connectivity index (χ1n) is 8.93. The summed E-state index contributed by atoms with van der Waals surface area (Å²) in [5.41, 5.74) is 3.69. The molecular formula is C22H21ClN2O3S. The molecule has 2 N–H and O–H groups in total. The van der Waals surface area contributed by atoms with E-state index in [-0.39, 0.29) is 10.5 Å². The second-order valence-corrected chi connectivity index (χ2v) is 8.93. The Bertz CT molecular complexity index is 1170. The van der Waals surface area contributed by atoms with Crippen molar-refractivity contribution in [1.29, 1.82) is 0 Å². The number of hydrogen-bond acceptors (Lipinski definition) is 3. The highest BCUT2D eigenvalue weighted by Crippen LogP contribution is 2.23. The molecule has 1 amide bonds. The molecule has 3 aromatic carbocycles. The summed E-state index contributed by atoms with van der Waals surface area (Å²) in [7, 11) is -3.85. The fourth-order valence-corrected chi connectivity index (χ4v) is 4.25. The molecule has 0 heterocycles. The molecule has 0 saturated heterocycles. The summed E-state index contributed by atoms with van der Waals surface area (Å²) in [4.78, 5) is 12.7. The van der Waals surface area contributed by atoms with Gasteiger partial charge in [0.1, 0.15) is 0 Å². The lowest BCUT2D eigenvalue weighted by Gasteiger charge is -2.13. The maximum absolute atomic E-state index is 12.9. The van der Waals surface area contributed by atoms with E-state index in [0.29, 0.717) is 22.0 Å². The van der Waals surface area contributed by atoms with Gasteiger partial charge in [-0.25, -0.2) is 8.42 Å². The SMILES string of the molecule is Cc1ccc(NS(=O)(=O)c2cc(C(=O)Nc3ccc(C)c(Cl)c3)ccc2C)cc1. The first kappa shape index (κ1) is 20.9. The van der Waals surface area contributed by atoms with Gasteiger partial charge >= 0.3 is 0 Å². The highest BCUT2D eigenvalue weighted by atomic mass is 35.5. The smallest absolute Gasteiger partial charge is 0.262 e. The van der Waals surface area contributed by atoms with Gasteiger partial charge in [0, 0.05) is 22.0 Å². The molecule has 0 aliphatic rings. The van der Waals surface area contributed by atoms with E-state index in [1.165, 1.54) is 6.07 Å².